The van der Waals surface area contributed by atoms with Gasteiger partial charge in [-0.2, -0.15) is 0 Å². The van der Waals surface area contributed by atoms with Gasteiger partial charge >= 0.3 is 0 Å². The number of methoxy groups -OCH3 is 2. The van der Waals surface area contributed by atoms with E-state index in [0.717, 1.165) is 11.3 Å². The van der Waals surface area contributed by atoms with Crippen LogP contribution in [-0.4, -0.2) is 20.8 Å². The normalized spacial score (nSPS) is 16.4. The summed E-state index contributed by atoms with van der Waals surface area (Å²) in [6.45, 7) is 0.669. The van der Waals surface area contributed by atoms with Crippen LogP contribution in [0.3, 0.4) is 0 Å². The van der Waals surface area contributed by atoms with Gasteiger partial charge in [0.2, 0.25) is 0 Å². The zero-order chi connectivity index (χ0) is 14.8. The maximum absolute atomic E-state index is 6.19. The maximum Gasteiger partial charge on any atom is 0.161 e. The summed E-state index contributed by atoms with van der Waals surface area (Å²) >= 11 is 6.19. The summed E-state index contributed by atoms with van der Waals surface area (Å²) in [7, 11) is 3.24. The van der Waals surface area contributed by atoms with Gasteiger partial charge in [-0.25, -0.2) is 0 Å². The molecule has 1 aliphatic heterocycles. The van der Waals surface area contributed by atoms with Gasteiger partial charge in [0.25, 0.3) is 0 Å². The molecule has 1 aliphatic rings. The smallest absolute Gasteiger partial charge is 0.161 e. The van der Waals surface area contributed by atoms with E-state index in [-0.39, 0.29) is 6.10 Å². The molecule has 1 heterocycles. The Hall–Kier alpha value is -2.07. The molecule has 5 heteroatoms. The Morgan fingerprint density at radius 2 is 1.95 bits per heavy atom. The standard InChI is InChI=1S/C16H16ClNO3/c1-19-13-7-6-10(8-14(13)20-2)15-9-18-12-5-3-4-11(17)16(12)21-15/h3-8,15,18H,9H2,1-2H3. The van der Waals surface area contributed by atoms with Crippen LogP contribution >= 0.6 is 11.6 Å². The van der Waals surface area contributed by atoms with Gasteiger partial charge in [0.15, 0.2) is 17.2 Å². The van der Waals surface area contributed by atoms with Gasteiger partial charge in [-0.05, 0) is 29.8 Å². The van der Waals surface area contributed by atoms with E-state index in [1.165, 1.54) is 0 Å². The van der Waals surface area contributed by atoms with Crippen LogP contribution in [-0.2, 0) is 0 Å². The van der Waals surface area contributed by atoms with Gasteiger partial charge in [0.1, 0.15) is 6.10 Å². The molecule has 2 aromatic rings. The fourth-order valence-electron chi connectivity index (χ4n) is 2.39. The first kappa shape index (κ1) is 13.9. The van der Waals surface area contributed by atoms with Gasteiger partial charge < -0.3 is 19.5 Å². The molecule has 0 radical (unpaired) electrons. The summed E-state index contributed by atoms with van der Waals surface area (Å²) in [6, 6.07) is 11.4. The van der Waals surface area contributed by atoms with Gasteiger partial charge in [-0.3, -0.25) is 0 Å². The Morgan fingerprint density at radius 3 is 2.71 bits per heavy atom. The first-order chi connectivity index (χ1) is 10.2. The summed E-state index contributed by atoms with van der Waals surface area (Å²) in [6.07, 6.45) is -0.128. The van der Waals surface area contributed by atoms with Crippen molar-refractivity contribution >= 4 is 17.3 Å². The molecule has 0 aromatic heterocycles. The number of rotatable bonds is 3. The van der Waals surface area contributed by atoms with E-state index in [9.17, 15) is 0 Å². The minimum Gasteiger partial charge on any atom is -0.493 e. The second-order valence-electron chi connectivity index (χ2n) is 4.72. The summed E-state index contributed by atoms with van der Waals surface area (Å²) in [5.74, 6) is 2.07. The molecular weight excluding hydrogens is 290 g/mol. The van der Waals surface area contributed by atoms with E-state index in [1.807, 2.05) is 36.4 Å². The quantitative estimate of drug-likeness (QED) is 0.933. The summed E-state index contributed by atoms with van der Waals surface area (Å²) in [4.78, 5) is 0. The molecular formula is C16H16ClNO3. The van der Waals surface area contributed by atoms with Gasteiger partial charge in [0.05, 0.1) is 31.5 Å². The third-order valence-electron chi connectivity index (χ3n) is 3.48. The third kappa shape index (κ3) is 2.59. The van der Waals surface area contributed by atoms with Crippen molar-refractivity contribution in [1.29, 1.82) is 0 Å². The van der Waals surface area contributed by atoms with Crippen molar-refractivity contribution in [1.82, 2.24) is 0 Å². The molecule has 0 spiro atoms. The maximum atomic E-state index is 6.19. The highest BCUT2D eigenvalue weighted by Gasteiger charge is 2.23. The zero-order valence-corrected chi connectivity index (χ0v) is 12.6. The van der Waals surface area contributed by atoms with Crippen LogP contribution in [0.15, 0.2) is 36.4 Å². The molecule has 21 heavy (non-hydrogen) atoms. The molecule has 0 aliphatic carbocycles. The van der Waals surface area contributed by atoms with Crippen LogP contribution in [0.1, 0.15) is 11.7 Å². The predicted molar refractivity (Wildman–Crippen MR) is 82.9 cm³/mol. The first-order valence-corrected chi connectivity index (χ1v) is 7.01. The number of anilines is 1. The van der Waals surface area contributed by atoms with Crippen molar-refractivity contribution in [2.75, 3.05) is 26.1 Å². The van der Waals surface area contributed by atoms with Crippen LogP contribution in [0, 0.1) is 0 Å². The lowest BCUT2D eigenvalue weighted by Gasteiger charge is -2.28. The SMILES string of the molecule is COc1ccc(C2CNc3cccc(Cl)c3O2)cc1OC. The molecule has 2 aromatic carbocycles. The number of benzene rings is 2. The number of para-hydroxylation sites is 1. The fraction of sp³-hybridized carbons (Fsp3) is 0.250. The van der Waals surface area contributed by atoms with Crippen molar-refractivity contribution < 1.29 is 14.2 Å². The number of halogens is 1. The predicted octanol–water partition coefficient (Wildman–Crippen LogP) is 3.90. The van der Waals surface area contributed by atoms with Crippen LogP contribution < -0.4 is 19.5 Å². The Morgan fingerprint density at radius 1 is 1.14 bits per heavy atom. The third-order valence-corrected chi connectivity index (χ3v) is 3.78. The number of hydrogen-bond donors (Lipinski definition) is 1. The molecule has 0 amide bonds. The Balaban J connectivity index is 1.91. The lowest BCUT2D eigenvalue weighted by Crippen LogP contribution is -2.23. The van der Waals surface area contributed by atoms with E-state index in [1.54, 1.807) is 14.2 Å². The number of fused-ring (bicyclic) bond motifs is 1. The summed E-state index contributed by atoms with van der Waals surface area (Å²) in [5, 5.41) is 3.94. The van der Waals surface area contributed by atoms with E-state index in [0.29, 0.717) is 28.8 Å². The topological polar surface area (TPSA) is 39.7 Å². The minimum absolute atomic E-state index is 0.128. The van der Waals surface area contributed by atoms with Gasteiger partial charge in [-0.15, -0.1) is 0 Å². The van der Waals surface area contributed by atoms with E-state index in [4.69, 9.17) is 25.8 Å². The largest absolute Gasteiger partial charge is 0.493 e. The van der Waals surface area contributed by atoms with E-state index < -0.39 is 0 Å². The summed E-state index contributed by atoms with van der Waals surface area (Å²) < 4.78 is 16.6. The Labute approximate surface area is 128 Å². The van der Waals surface area contributed by atoms with Crippen molar-refractivity contribution in [3.05, 3.63) is 47.0 Å². The molecule has 0 saturated carbocycles. The molecule has 1 unspecified atom stereocenters. The lowest BCUT2D eigenvalue weighted by atomic mass is 10.1. The highest BCUT2D eigenvalue weighted by molar-refractivity contribution is 6.32. The minimum atomic E-state index is -0.128. The molecule has 4 nitrogen and oxygen atoms in total. The summed E-state index contributed by atoms with van der Waals surface area (Å²) in [5.41, 5.74) is 1.92. The van der Waals surface area contributed by atoms with Crippen LogP contribution in [0.4, 0.5) is 5.69 Å². The van der Waals surface area contributed by atoms with Crippen molar-refractivity contribution in [2.45, 2.75) is 6.10 Å². The average molecular weight is 306 g/mol. The van der Waals surface area contributed by atoms with Crippen molar-refractivity contribution in [3.63, 3.8) is 0 Å². The molecule has 1 N–H and O–H groups in total. The molecule has 0 saturated heterocycles. The Kier molecular flexibility index (Phi) is 3.80. The van der Waals surface area contributed by atoms with Crippen molar-refractivity contribution in [3.8, 4) is 17.2 Å². The van der Waals surface area contributed by atoms with Crippen molar-refractivity contribution in [2.24, 2.45) is 0 Å². The van der Waals surface area contributed by atoms with E-state index in [2.05, 4.69) is 5.32 Å². The van der Waals surface area contributed by atoms with E-state index >= 15 is 0 Å². The van der Waals surface area contributed by atoms with Gasteiger partial charge in [-0.1, -0.05) is 23.7 Å². The van der Waals surface area contributed by atoms with Crippen LogP contribution in [0.25, 0.3) is 0 Å². The fourth-order valence-corrected chi connectivity index (χ4v) is 2.61. The Bertz CT molecular complexity index is 660. The zero-order valence-electron chi connectivity index (χ0n) is 11.9. The number of nitrogens with one attached hydrogen (secondary N) is 1. The molecule has 3 rings (SSSR count). The second-order valence-corrected chi connectivity index (χ2v) is 5.13. The highest BCUT2D eigenvalue weighted by atomic mass is 35.5. The average Bonchev–Trinajstić information content (AvgIpc) is 2.54. The molecule has 0 bridgehead atoms. The second kappa shape index (κ2) is 5.74. The number of ether oxygens (including phenoxy) is 3. The van der Waals surface area contributed by atoms with Crippen LogP contribution in [0.5, 0.6) is 17.2 Å². The lowest BCUT2D eigenvalue weighted by molar-refractivity contribution is 0.210. The highest BCUT2D eigenvalue weighted by Crippen LogP contribution is 2.40. The van der Waals surface area contributed by atoms with Crippen LogP contribution in [0.2, 0.25) is 5.02 Å². The molecule has 0 fully saturated rings. The number of hydrogen-bond acceptors (Lipinski definition) is 4. The van der Waals surface area contributed by atoms with Gasteiger partial charge in [0, 0.05) is 0 Å². The monoisotopic (exact) mass is 305 g/mol. The molecule has 1 atom stereocenters. The molecule has 110 valence electrons. The first-order valence-electron chi connectivity index (χ1n) is 6.64.